The maximum Gasteiger partial charge on any atom is 0.309 e. The van der Waals surface area contributed by atoms with E-state index >= 15 is 0 Å². The molecule has 1 atom stereocenters. The van der Waals surface area contributed by atoms with Crippen molar-refractivity contribution in [2.24, 2.45) is 0 Å². The van der Waals surface area contributed by atoms with Crippen LogP contribution in [0.5, 0.6) is 0 Å². The van der Waals surface area contributed by atoms with E-state index in [9.17, 15) is 10.1 Å². The van der Waals surface area contributed by atoms with E-state index in [1.54, 1.807) is 6.07 Å². The number of aliphatic hydroxyl groups is 2. The first kappa shape index (κ1) is 12.8. The third-order valence-corrected chi connectivity index (χ3v) is 1.98. The summed E-state index contributed by atoms with van der Waals surface area (Å²) in [4.78, 5) is 12.4. The van der Waals surface area contributed by atoms with Crippen LogP contribution in [0.3, 0.4) is 0 Å². The van der Waals surface area contributed by atoms with Gasteiger partial charge in [0.25, 0.3) is 5.82 Å². The van der Waals surface area contributed by atoms with Crippen LogP contribution in [0.2, 0.25) is 0 Å². The summed E-state index contributed by atoms with van der Waals surface area (Å²) in [6, 6.07) is 2.91. The molecule has 1 aromatic heterocycles. The molecule has 0 radical (unpaired) electrons. The second-order valence-electron chi connectivity index (χ2n) is 3.23. The van der Waals surface area contributed by atoms with E-state index < -0.39 is 17.6 Å². The monoisotopic (exact) mass is 239 g/mol. The van der Waals surface area contributed by atoms with Crippen LogP contribution in [0.1, 0.15) is 5.56 Å². The molecule has 0 saturated heterocycles. The topological polar surface area (TPSA) is 134 Å². The second kappa shape index (κ2) is 5.74. The fourth-order valence-corrected chi connectivity index (χ4v) is 1.11. The van der Waals surface area contributed by atoms with Crippen molar-refractivity contribution in [3.8, 4) is 6.07 Å². The molecule has 8 nitrogen and oxygen atoms in total. The van der Waals surface area contributed by atoms with Crippen molar-refractivity contribution in [3.05, 3.63) is 27.9 Å². The van der Waals surface area contributed by atoms with E-state index in [4.69, 9.17) is 15.5 Å². The van der Waals surface area contributed by atoms with Crippen molar-refractivity contribution in [2.75, 3.05) is 18.5 Å². The van der Waals surface area contributed by atoms with Crippen LogP contribution in [0.25, 0.3) is 0 Å². The number of nitro groups is 1. The van der Waals surface area contributed by atoms with Gasteiger partial charge in [0.05, 0.1) is 11.5 Å². The molecule has 1 rings (SSSR count). The predicted molar refractivity (Wildman–Crippen MR) is 55.9 cm³/mol. The number of hydrogen-bond donors (Lipinski definition) is 3. The molecular weight excluding hydrogens is 228 g/mol. The number of aliphatic hydroxyl groups excluding tert-OH is 2. The smallest absolute Gasteiger partial charge is 0.309 e. The van der Waals surface area contributed by atoms with Gasteiger partial charge < -0.3 is 10.2 Å². The molecule has 0 aliphatic carbocycles. The average Bonchev–Trinajstić information content (AvgIpc) is 2.35. The van der Waals surface area contributed by atoms with Crippen LogP contribution in [0, 0.1) is 21.4 Å². The average molecular weight is 239 g/mol. The molecule has 0 spiro atoms. The van der Waals surface area contributed by atoms with Crippen molar-refractivity contribution in [3.63, 3.8) is 0 Å². The number of hydrogen-bond acceptors (Lipinski definition) is 6. The van der Waals surface area contributed by atoms with Gasteiger partial charge in [-0.25, -0.2) is 4.98 Å². The number of nitrogens with one attached hydrogen (secondary N) is 2. The molecule has 17 heavy (non-hydrogen) atoms. The third-order valence-electron chi connectivity index (χ3n) is 1.98. The lowest BCUT2D eigenvalue weighted by atomic mass is 10.2. The maximum absolute atomic E-state index is 10.5. The second-order valence-corrected chi connectivity index (χ2v) is 3.23. The SMILES string of the molecule is N#Cc1cc([N+](=O)[O-])c[nH+]c1NC[C@H](O)CO. The van der Waals surface area contributed by atoms with E-state index in [1.807, 2.05) is 0 Å². The largest absolute Gasteiger partial charge is 0.394 e. The molecule has 0 saturated carbocycles. The van der Waals surface area contributed by atoms with E-state index in [0.717, 1.165) is 12.3 Å². The number of nitriles is 1. The van der Waals surface area contributed by atoms with Crippen LogP contribution < -0.4 is 10.3 Å². The number of aromatic amines is 1. The number of pyridine rings is 1. The van der Waals surface area contributed by atoms with Gasteiger partial charge >= 0.3 is 5.69 Å². The highest BCUT2D eigenvalue weighted by molar-refractivity contribution is 5.51. The summed E-state index contributed by atoms with van der Waals surface area (Å²) in [6.07, 6.45) is 0.166. The molecule has 0 fully saturated rings. The third kappa shape index (κ3) is 3.37. The highest BCUT2D eigenvalue weighted by Crippen LogP contribution is 2.14. The van der Waals surface area contributed by atoms with Crippen molar-refractivity contribution >= 4 is 11.5 Å². The van der Waals surface area contributed by atoms with Gasteiger partial charge in [-0.2, -0.15) is 5.26 Å². The van der Waals surface area contributed by atoms with Gasteiger partial charge in [-0.15, -0.1) is 0 Å². The van der Waals surface area contributed by atoms with E-state index in [2.05, 4.69) is 10.3 Å². The Morgan fingerprint density at radius 2 is 2.41 bits per heavy atom. The van der Waals surface area contributed by atoms with Gasteiger partial charge in [-0.3, -0.25) is 15.4 Å². The Labute approximate surface area is 96.3 Å². The number of rotatable bonds is 5. The van der Waals surface area contributed by atoms with E-state index in [0.29, 0.717) is 0 Å². The number of H-pyrrole nitrogens is 1. The summed E-state index contributed by atoms with van der Waals surface area (Å²) in [7, 11) is 0. The van der Waals surface area contributed by atoms with Gasteiger partial charge in [-0.05, 0) is 0 Å². The quantitative estimate of drug-likeness (QED) is 0.448. The van der Waals surface area contributed by atoms with Crippen LogP contribution >= 0.6 is 0 Å². The zero-order valence-electron chi connectivity index (χ0n) is 8.75. The Morgan fingerprint density at radius 3 is 2.94 bits per heavy atom. The number of nitrogens with zero attached hydrogens (tertiary/aromatic N) is 2. The van der Waals surface area contributed by atoms with Gasteiger partial charge in [-0.1, -0.05) is 0 Å². The molecule has 0 aliphatic heterocycles. The Kier molecular flexibility index (Phi) is 4.33. The maximum atomic E-state index is 10.5. The van der Waals surface area contributed by atoms with Crippen molar-refractivity contribution in [2.45, 2.75) is 6.10 Å². The van der Waals surface area contributed by atoms with Gasteiger partial charge in [0, 0.05) is 6.07 Å². The summed E-state index contributed by atoms with van der Waals surface area (Å²) in [5.41, 5.74) is -0.167. The predicted octanol–water partition coefficient (Wildman–Crippen LogP) is -0.954. The van der Waals surface area contributed by atoms with E-state index in [1.165, 1.54) is 0 Å². The van der Waals surface area contributed by atoms with Crippen LogP contribution in [0.4, 0.5) is 11.5 Å². The lowest BCUT2D eigenvalue weighted by Gasteiger charge is -2.04. The van der Waals surface area contributed by atoms with Crippen molar-refractivity contribution in [1.82, 2.24) is 0 Å². The zero-order chi connectivity index (χ0) is 12.8. The fraction of sp³-hybridized carbons (Fsp3) is 0.333. The minimum absolute atomic E-state index is 0.0273. The van der Waals surface area contributed by atoms with Crippen molar-refractivity contribution in [1.29, 1.82) is 5.26 Å². The van der Waals surface area contributed by atoms with E-state index in [-0.39, 0.29) is 23.6 Å². The molecule has 4 N–H and O–H groups in total. The Morgan fingerprint density at radius 1 is 1.71 bits per heavy atom. The van der Waals surface area contributed by atoms with Crippen LogP contribution in [0.15, 0.2) is 12.3 Å². The van der Waals surface area contributed by atoms with Gasteiger partial charge in [0.1, 0.15) is 24.3 Å². The first-order valence-electron chi connectivity index (χ1n) is 4.71. The summed E-state index contributed by atoms with van der Waals surface area (Å²) in [6.45, 7) is -0.388. The normalized spacial score (nSPS) is 11.6. The molecular formula is C9H11N4O4+. The van der Waals surface area contributed by atoms with Crippen LogP contribution in [-0.4, -0.2) is 34.4 Å². The van der Waals surface area contributed by atoms with Gasteiger partial charge in [0.15, 0.2) is 6.20 Å². The Balaban J connectivity index is 2.87. The zero-order valence-corrected chi connectivity index (χ0v) is 8.75. The molecule has 1 aromatic rings. The summed E-state index contributed by atoms with van der Waals surface area (Å²) < 4.78 is 0. The summed E-state index contributed by atoms with van der Waals surface area (Å²) >= 11 is 0. The molecule has 0 unspecified atom stereocenters. The lowest BCUT2D eigenvalue weighted by molar-refractivity contribution is -0.413. The molecule has 1 heterocycles. The summed E-state index contributed by atoms with van der Waals surface area (Å²) in [5.74, 6) is 0.255. The standard InChI is InChI=1S/C9H10N4O4/c10-2-6-1-7(13(16)17)3-11-9(6)12-4-8(15)5-14/h1,3,8,14-15H,4-5H2,(H,11,12)/p+1/t8-/m0/s1. The minimum atomic E-state index is -0.967. The van der Waals surface area contributed by atoms with Gasteiger partial charge in [0.2, 0.25) is 0 Å². The molecule has 0 bridgehead atoms. The summed E-state index contributed by atoms with van der Waals surface area (Å²) in [5, 5.41) is 39.7. The first-order chi connectivity index (χ1) is 8.08. The molecule has 90 valence electrons. The molecule has 0 amide bonds. The molecule has 0 aromatic carbocycles. The lowest BCUT2D eigenvalue weighted by Crippen LogP contribution is -2.26. The molecule has 8 heteroatoms. The fourth-order valence-electron chi connectivity index (χ4n) is 1.11. The highest BCUT2D eigenvalue weighted by Gasteiger charge is 2.17. The number of aromatic nitrogens is 1. The molecule has 0 aliphatic rings. The highest BCUT2D eigenvalue weighted by atomic mass is 16.6. The Hall–Kier alpha value is -2.24. The minimum Gasteiger partial charge on any atom is -0.394 e. The van der Waals surface area contributed by atoms with Crippen LogP contribution in [-0.2, 0) is 0 Å². The number of anilines is 1. The Bertz CT molecular complexity index is 457. The first-order valence-corrected chi connectivity index (χ1v) is 4.71. The van der Waals surface area contributed by atoms with Crippen molar-refractivity contribution < 1.29 is 20.1 Å².